The Morgan fingerprint density at radius 2 is 1.75 bits per heavy atom. The second-order valence-corrected chi connectivity index (χ2v) is 5.26. The largest absolute Gasteiger partial charge is 0.422 e. The lowest BCUT2D eigenvalue weighted by Gasteiger charge is -2.13. The molecule has 0 unspecified atom stereocenters. The predicted octanol–water partition coefficient (Wildman–Crippen LogP) is 4.65. The Morgan fingerprint density at radius 1 is 1.00 bits per heavy atom. The molecule has 3 nitrogen and oxygen atoms in total. The molecule has 0 aliphatic rings. The highest BCUT2D eigenvalue weighted by molar-refractivity contribution is 6.08. The third-order valence-corrected chi connectivity index (χ3v) is 3.78. The van der Waals surface area contributed by atoms with Crippen LogP contribution in [0.1, 0.15) is 5.56 Å². The average Bonchev–Trinajstić information content (AvgIpc) is 2.52. The highest BCUT2D eigenvalue weighted by atomic mass is 19.4. The molecule has 0 saturated carbocycles. The summed E-state index contributed by atoms with van der Waals surface area (Å²) in [6.45, 7) is 0. The van der Waals surface area contributed by atoms with E-state index in [1.54, 1.807) is 12.1 Å². The van der Waals surface area contributed by atoms with Crippen molar-refractivity contribution in [2.75, 3.05) is 0 Å². The molecule has 2 heterocycles. The maximum absolute atomic E-state index is 13.6. The van der Waals surface area contributed by atoms with Crippen LogP contribution in [-0.4, -0.2) is 4.98 Å². The summed E-state index contributed by atoms with van der Waals surface area (Å²) in [4.78, 5) is 16.3. The number of hydrogen-bond acceptors (Lipinski definition) is 3. The van der Waals surface area contributed by atoms with Gasteiger partial charge in [0.1, 0.15) is 11.4 Å². The molecular weight excluding hydrogens is 326 g/mol. The lowest BCUT2D eigenvalue weighted by molar-refractivity contribution is -0.135. The molecule has 0 aliphatic carbocycles. The molecule has 0 amide bonds. The summed E-state index contributed by atoms with van der Waals surface area (Å²) in [5, 5.41) is -0.888. The number of pyridine rings is 1. The Balaban J connectivity index is 2.38. The van der Waals surface area contributed by atoms with E-state index in [9.17, 15) is 22.4 Å². The number of fused-ring (bicyclic) bond motifs is 4. The van der Waals surface area contributed by atoms with Gasteiger partial charge >= 0.3 is 11.8 Å². The molecule has 0 spiro atoms. The molecule has 2 aromatic heterocycles. The first-order chi connectivity index (χ1) is 11.4. The fraction of sp³-hybridized carbons (Fsp3) is 0.0588. The molecule has 0 bridgehead atoms. The summed E-state index contributed by atoms with van der Waals surface area (Å²) in [5.74, 6) is -0.848. The molecule has 4 rings (SSSR count). The maximum Gasteiger partial charge on any atom is 0.417 e. The first-order valence-corrected chi connectivity index (χ1v) is 6.88. The number of aromatic nitrogens is 1. The number of halogens is 4. The van der Waals surface area contributed by atoms with Crippen LogP contribution < -0.4 is 5.63 Å². The minimum atomic E-state index is -4.87. The van der Waals surface area contributed by atoms with Crippen LogP contribution in [0.3, 0.4) is 0 Å². The van der Waals surface area contributed by atoms with Crippen LogP contribution in [0.15, 0.2) is 51.7 Å². The van der Waals surface area contributed by atoms with Gasteiger partial charge in [-0.05, 0) is 30.3 Å². The van der Waals surface area contributed by atoms with E-state index in [4.69, 9.17) is 4.42 Å². The van der Waals surface area contributed by atoms with Gasteiger partial charge in [0.25, 0.3) is 0 Å². The van der Waals surface area contributed by atoms with Crippen molar-refractivity contribution < 1.29 is 22.0 Å². The van der Waals surface area contributed by atoms with Crippen LogP contribution in [-0.2, 0) is 6.18 Å². The van der Waals surface area contributed by atoms with E-state index in [1.807, 2.05) is 0 Å². The van der Waals surface area contributed by atoms with Crippen LogP contribution in [0.4, 0.5) is 17.6 Å². The van der Waals surface area contributed by atoms with Gasteiger partial charge in [-0.25, -0.2) is 14.2 Å². The average molecular weight is 333 g/mol. The van der Waals surface area contributed by atoms with Gasteiger partial charge in [0.15, 0.2) is 0 Å². The first kappa shape index (κ1) is 14.6. The molecule has 4 aromatic rings. The quantitative estimate of drug-likeness (QED) is 0.204. The van der Waals surface area contributed by atoms with Crippen molar-refractivity contribution >= 4 is 32.8 Å². The van der Waals surface area contributed by atoms with Crippen LogP contribution in [0, 0.1) is 5.82 Å². The summed E-state index contributed by atoms with van der Waals surface area (Å²) in [7, 11) is 0. The molecule has 0 radical (unpaired) electrons. The number of benzene rings is 2. The Labute approximate surface area is 131 Å². The Morgan fingerprint density at radius 3 is 2.50 bits per heavy atom. The van der Waals surface area contributed by atoms with Crippen LogP contribution in [0.2, 0.25) is 0 Å². The van der Waals surface area contributed by atoms with E-state index in [0.717, 1.165) is 18.2 Å². The van der Waals surface area contributed by atoms with E-state index in [0.29, 0.717) is 0 Å². The maximum atomic E-state index is 13.6. The third-order valence-electron chi connectivity index (χ3n) is 3.78. The Kier molecular flexibility index (Phi) is 2.90. The first-order valence-electron chi connectivity index (χ1n) is 6.88. The van der Waals surface area contributed by atoms with E-state index < -0.39 is 34.0 Å². The topological polar surface area (TPSA) is 43.1 Å². The normalized spacial score (nSPS) is 12.3. The minimum Gasteiger partial charge on any atom is -0.422 e. The van der Waals surface area contributed by atoms with Gasteiger partial charge in [-0.1, -0.05) is 12.1 Å². The van der Waals surface area contributed by atoms with Crippen molar-refractivity contribution in [2.24, 2.45) is 0 Å². The Bertz CT molecular complexity index is 1180. The van der Waals surface area contributed by atoms with Gasteiger partial charge in [-0.15, -0.1) is 0 Å². The van der Waals surface area contributed by atoms with Gasteiger partial charge in [0.2, 0.25) is 0 Å². The zero-order chi connectivity index (χ0) is 17.1. The summed E-state index contributed by atoms with van der Waals surface area (Å²) >= 11 is 0. The number of alkyl halides is 3. The monoisotopic (exact) mass is 333 g/mol. The molecule has 0 aliphatic heterocycles. The van der Waals surface area contributed by atoms with Gasteiger partial charge in [0, 0.05) is 10.8 Å². The predicted molar refractivity (Wildman–Crippen MR) is 80.3 cm³/mol. The van der Waals surface area contributed by atoms with Crippen molar-refractivity contribution in [3.8, 4) is 0 Å². The molecule has 0 fully saturated rings. The molecule has 0 saturated heterocycles. The summed E-state index contributed by atoms with van der Waals surface area (Å²) in [5.41, 5.74) is -2.42. The highest BCUT2D eigenvalue weighted by Crippen LogP contribution is 2.39. The van der Waals surface area contributed by atoms with E-state index >= 15 is 0 Å². The fourth-order valence-corrected chi connectivity index (χ4v) is 2.83. The van der Waals surface area contributed by atoms with Crippen molar-refractivity contribution in [3.05, 3.63) is 64.3 Å². The van der Waals surface area contributed by atoms with Gasteiger partial charge in [0.05, 0.1) is 22.0 Å². The Hall–Kier alpha value is -2.96. The molecule has 120 valence electrons. The van der Waals surface area contributed by atoms with Crippen LogP contribution >= 0.6 is 0 Å². The van der Waals surface area contributed by atoms with Gasteiger partial charge in [-0.3, -0.25) is 0 Å². The lowest BCUT2D eigenvalue weighted by atomic mass is 10.0. The molecule has 2 aromatic carbocycles. The zero-order valence-corrected chi connectivity index (χ0v) is 11.8. The molecule has 24 heavy (non-hydrogen) atoms. The van der Waals surface area contributed by atoms with Crippen molar-refractivity contribution in [1.29, 1.82) is 0 Å². The number of rotatable bonds is 0. The smallest absolute Gasteiger partial charge is 0.417 e. The van der Waals surface area contributed by atoms with E-state index in [-0.39, 0.29) is 22.0 Å². The van der Waals surface area contributed by atoms with Crippen molar-refractivity contribution in [2.45, 2.75) is 6.18 Å². The molecule has 7 heteroatoms. The van der Waals surface area contributed by atoms with Gasteiger partial charge in [-0.2, -0.15) is 13.2 Å². The molecule has 0 atom stereocenters. The van der Waals surface area contributed by atoms with Crippen LogP contribution in [0.5, 0.6) is 0 Å². The SMILES string of the molecule is O=c1oc2ccccc2c2nc3ccc(F)cc3c(C(F)(F)F)c12. The summed E-state index contributed by atoms with van der Waals surface area (Å²) < 4.78 is 59.3. The molecule has 0 N–H and O–H groups in total. The second-order valence-electron chi connectivity index (χ2n) is 5.26. The minimum absolute atomic E-state index is 0.0491. The second kappa shape index (κ2) is 4.77. The fourth-order valence-electron chi connectivity index (χ4n) is 2.83. The number of para-hydroxylation sites is 1. The van der Waals surface area contributed by atoms with Crippen molar-refractivity contribution in [1.82, 2.24) is 4.98 Å². The van der Waals surface area contributed by atoms with E-state index in [2.05, 4.69) is 4.98 Å². The highest BCUT2D eigenvalue weighted by Gasteiger charge is 2.37. The van der Waals surface area contributed by atoms with E-state index in [1.165, 1.54) is 12.1 Å². The lowest BCUT2D eigenvalue weighted by Crippen LogP contribution is -2.14. The standard InChI is InChI=1S/C17H7F4NO2/c18-8-5-6-11-10(7-8)14(17(19,20)21)13-15(22-11)9-3-1-2-4-12(9)24-16(13)23/h1-7H. The zero-order valence-electron chi connectivity index (χ0n) is 11.8. The molecular formula is C17H7F4NO2. The number of hydrogen-bond donors (Lipinski definition) is 0. The summed E-state index contributed by atoms with van der Waals surface area (Å²) in [6.07, 6.45) is -4.87. The van der Waals surface area contributed by atoms with Crippen LogP contribution in [0.25, 0.3) is 32.8 Å². The van der Waals surface area contributed by atoms with Crippen molar-refractivity contribution in [3.63, 3.8) is 0 Å². The third kappa shape index (κ3) is 2.05. The summed E-state index contributed by atoms with van der Waals surface area (Å²) in [6, 6.07) is 9.09. The number of nitrogens with zero attached hydrogens (tertiary/aromatic N) is 1. The van der Waals surface area contributed by atoms with Gasteiger partial charge < -0.3 is 4.42 Å².